The molecule has 0 radical (unpaired) electrons. The topological polar surface area (TPSA) is 82.2 Å². The molecular weight excluding hydrogens is 327 g/mol. The van der Waals surface area contributed by atoms with Crippen LogP contribution >= 0.6 is 0 Å². The van der Waals surface area contributed by atoms with E-state index in [9.17, 15) is 24.2 Å². The number of hydrogen-bond donors (Lipinski definition) is 2. The van der Waals surface area contributed by atoms with Gasteiger partial charge in [-0.2, -0.15) is 0 Å². The molecule has 25 heavy (non-hydrogen) atoms. The minimum Gasteiger partial charge on any atom is -0.477 e. The van der Waals surface area contributed by atoms with E-state index in [1.807, 2.05) is 0 Å². The van der Waals surface area contributed by atoms with Crippen molar-refractivity contribution in [1.82, 2.24) is 4.40 Å². The van der Waals surface area contributed by atoms with Gasteiger partial charge < -0.3 is 15.1 Å². The molecule has 132 valence electrons. The Kier molecular flexibility index (Phi) is 3.57. The summed E-state index contributed by atoms with van der Waals surface area (Å²) in [5, 5.41) is 19.1. The zero-order chi connectivity index (χ0) is 17.9. The number of halogens is 1. The number of rotatable bonds is 3. The number of aryl methyl sites for hydroxylation is 1. The Hall–Kier alpha value is -2.41. The summed E-state index contributed by atoms with van der Waals surface area (Å²) in [5.41, 5.74) is 1.33. The normalized spacial score (nSPS) is 20.4. The maximum absolute atomic E-state index is 14.8. The molecule has 2 aromatic rings. The predicted octanol–water partition coefficient (Wildman–Crippen LogP) is 1.89. The maximum Gasteiger partial charge on any atom is 0.341 e. The molecule has 0 amide bonds. The lowest BCUT2D eigenvalue weighted by Gasteiger charge is -2.23. The first-order valence-corrected chi connectivity index (χ1v) is 8.43. The average molecular weight is 346 g/mol. The molecule has 0 aromatic carbocycles. The van der Waals surface area contributed by atoms with Crippen LogP contribution in [0.4, 0.5) is 10.1 Å². The van der Waals surface area contributed by atoms with Crippen LogP contribution in [0.1, 0.15) is 46.7 Å². The molecule has 2 aliphatic rings. The summed E-state index contributed by atoms with van der Waals surface area (Å²) in [4.78, 5) is 25.7. The number of anilines is 1. The summed E-state index contributed by atoms with van der Waals surface area (Å²) >= 11 is 0. The molecule has 1 saturated heterocycles. The van der Waals surface area contributed by atoms with Crippen LogP contribution in [0.25, 0.3) is 5.52 Å². The van der Waals surface area contributed by atoms with Crippen LogP contribution in [0.5, 0.6) is 0 Å². The molecule has 6 nitrogen and oxygen atoms in total. The minimum absolute atomic E-state index is 0.204. The highest BCUT2D eigenvalue weighted by atomic mass is 19.1. The number of fused-ring (bicyclic) bond motifs is 1. The van der Waals surface area contributed by atoms with Gasteiger partial charge in [-0.3, -0.25) is 9.20 Å². The first-order valence-electron chi connectivity index (χ1n) is 8.43. The van der Waals surface area contributed by atoms with E-state index >= 15 is 0 Å². The number of carboxylic acids is 1. The summed E-state index contributed by atoms with van der Waals surface area (Å²) in [7, 11) is 0. The van der Waals surface area contributed by atoms with E-state index in [0.717, 1.165) is 29.0 Å². The van der Waals surface area contributed by atoms with E-state index < -0.39 is 23.4 Å². The Balaban J connectivity index is 2.03. The van der Waals surface area contributed by atoms with Gasteiger partial charge in [-0.1, -0.05) is 0 Å². The van der Waals surface area contributed by atoms with Gasteiger partial charge in [-0.05, 0) is 49.3 Å². The number of carboxylic acid groups (broad SMARTS) is 1. The molecule has 0 bridgehead atoms. The van der Waals surface area contributed by atoms with Crippen molar-refractivity contribution in [3.8, 4) is 0 Å². The number of aliphatic hydroxyl groups excluding tert-OH is 1. The molecule has 1 saturated carbocycles. The molecule has 3 heterocycles. The minimum atomic E-state index is -1.30. The molecule has 0 spiro atoms. The van der Waals surface area contributed by atoms with Crippen molar-refractivity contribution in [3.05, 3.63) is 45.1 Å². The molecule has 1 aliphatic carbocycles. The summed E-state index contributed by atoms with van der Waals surface area (Å²) in [6, 6.07) is 1.45. The monoisotopic (exact) mass is 346 g/mol. The van der Waals surface area contributed by atoms with E-state index in [2.05, 4.69) is 0 Å². The lowest BCUT2D eigenvalue weighted by molar-refractivity contribution is 0.0694. The molecule has 1 atom stereocenters. The van der Waals surface area contributed by atoms with Crippen molar-refractivity contribution in [1.29, 1.82) is 0 Å². The van der Waals surface area contributed by atoms with Gasteiger partial charge in [-0.25, -0.2) is 9.18 Å². The van der Waals surface area contributed by atoms with Crippen molar-refractivity contribution in [2.75, 3.05) is 18.0 Å². The first kappa shape index (κ1) is 16.1. The Morgan fingerprint density at radius 3 is 2.60 bits per heavy atom. The number of aromatic carboxylic acids is 1. The molecule has 2 aromatic heterocycles. The SMILES string of the molecule is Cc1c(N2CC[C@H](O)C2)c(F)cn2c(=O)c(C(=O)O)cc(C3CC3)c12. The number of β-amino-alcohol motifs (C(OH)–C–C–N with tert-alkyl or cyclic N) is 1. The Labute approximate surface area is 143 Å². The molecule has 4 rings (SSSR count). The Bertz CT molecular complexity index is 948. The van der Waals surface area contributed by atoms with Crippen LogP contribution in [0.15, 0.2) is 17.1 Å². The van der Waals surface area contributed by atoms with Gasteiger partial charge in [0.1, 0.15) is 5.56 Å². The quantitative estimate of drug-likeness (QED) is 0.887. The molecule has 2 N–H and O–H groups in total. The molecule has 1 aliphatic heterocycles. The number of aliphatic hydroxyl groups is 1. The number of hydrogen-bond acceptors (Lipinski definition) is 4. The van der Waals surface area contributed by atoms with E-state index in [4.69, 9.17) is 0 Å². The second-order valence-electron chi connectivity index (χ2n) is 6.96. The number of carbonyl (C=O) groups is 1. The van der Waals surface area contributed by atoms with Gasteiger partial charge in [0.25, 0.3) is 5.56 Å². The summed E-state index contributed by atoms with van der Waals surface area (Å²) in [5.74, 6) is -1.67. The van der Waals surface area contributed by atoms with Gasteiger partial charge >= 0.3 is 5.97 Å². The fourth-order valence-corrected chi connectivity index (χ4v) is 3.83. The molecule has 7 heteroatoms. The second kappa shape index (κ2) is 5.56. The molecule has 0 unspecified atom stereocenters. The van der Waals surface area contributed by atoms with Gasteiger partial charge in [0.05, 0.1) is 23.5 Å². The van der Waals surface area contributed by atoms with Crippen LogP contribution in [-0.2, 0) is 0 Å². The predicted molar refractivity (Wildman–Crippen MR) is 90.1 cm³/mol. The fraction of sp³-hybridized carbons (Fsp3) is 0.444. The smallest absolute Gasteiger partial charge is 0.341 e. The highest BCUT2D eigenvalue weighted by molar-refractivity contribution is 5.89. The van der Waals surface area contributed by atoms with Crippen LogP contribution in [0.3, 0.4) is 0 Å². The largest absolute Gasteiger partial charge is 0.477 e. The third kappa shape index (κ3) is 2.50. The molecule has 2 fully saturated rings. The summed E-state index contributed by atoms with van der Waals surface area (Å²) < 4.78 is 15.9. The van der Waals surface area contributed by atoms with Crippen LogP contribution in [0.2, 0.25) is 0 Å². The van der Waals surface area contributed by atoms with Crippen LogP contribution < -0.4 is 10.5 Å². The standard InChI is InChI=1S/C18H19FN2O4/c1-9-15-12(10-2-3-10)6-13(18(24)25)17(23)21(15)8-14(19)16(9)20-5-4-11(22)7-20/h6,8,10-11,22H,2-5,7H2,1H3,(H,24,25)/t11-/m0/s1. The lowest BCUT2D eigenvalue weighted by atomic mass is 10.0. The number of pyridine rings is 2. The third-order valence-electron chi connectivity index (χ3n) is 5.17. The van der Waals surface area contributed by atoms with Crippen molar-refractivity contribution in [2.24, 2.45) is 0 Å². The average Bonchev–Trinajstić information content (AvgIpc) is 3.30. The number of nitrogens with zero attached hydrogens (tertiary/aromatic N) is 2. The highest BCUT2D eigenvalue weighted by Gasteiger charge is 2.31. The van der Waals surface area contributed by atoms with E-state index in [0.29, 0.717) is 36.3 Å². The first-order chi connectivity index (χ1) is 11.9. The highest BCUT2D eigenvalue weighted by Crippen LogP contribution is 2.44. The van der Waals surface area contributed by atoms with E-state index in [-0.39, 0.29) is 11.5 Å². The van der Waals surface area contributed by atoms with Crippen molar-refractivity contribution in [2.45, 2.75) is 38.2 Å². The van der Waals surface area contributed by atoms with Crippen molar-refractivity contribution in [3.63, 3.8) is 0 Å². The maximum atomic E-state index is 14.8. The zero-order valence-electron chi connectivity index (χ0n) is 13.8. The molecular formula is C18H19FN2O4. The van der Waals surface area contributed by atoms with E-state index in [1.165, 1.54) is 6.07 Å². The number of aromatic nitrogens is 1. The summed E-state index contributed by atoms with van der Waals surface area (Å²) in [6.07, 6.45) is 3.03. The van der Waals surface area contributed by atoms with Gasteiger partial charge in [0.15, 0.2) is 5.82 Å². The third-order valence-corrected chi connectivity index (χ3v) is 5.17. The van der Waals surface area contributed by atoms with Gasteiger partial charge in [-0.15, -0.1) is 0 Å². The summed E-state index contributed by atoms with van der Waals surface area (Å²) in [6.45, 7) is 2.65. The van der Waals surface area contributed by atoms with Crippen molar-refractivity contribution < 1.29 is 19.4 Å². The van der Waals surface area contributed by atoms with E-state index in [1.54, 1.807) is 11.8 Å². The second-order valence-corrected chi connectivity index (χ2v) is 6.96. The van der Waals surface area contributed by atoms with Gasteiger partial charge in [0, 0.05) is 13.1 Å². The fourth-order valence-electron chi connectivity index (χ4n) is 3.83. The van der Waals surface area contributed by atoms with Gasteiger partial charge in [0.2, 0.25) is 0 Å². The zero-order valence-corrected chi connectivity index (χ0v) is 13.8. The van der Waals surface area contributed by atoms with Crippen molar-refractivity contribution >= 4 is 17.2 Å². The van der Waals surface area contributed by atoms with Crippen LogP contribution in [-0.4, -0.2) is 39.8 Å². The Morgan fingerprint density at radius 2 is 2.04 bits per heavy atom. The van der Waals surface area contributed by atoms with Crippen LogP contribution in [0, 0.1) is 12.7 Å². The lowest BCUT2D eigenvalue weighted by Crippen LogP contribution is -2.27. The Morgan fingerprint density at radius 1 is 1.32 bits per heavy atom.